The maximum absolute atomic E-state index is 12.5. The van der Waals surface area contributed by atoms with Gasteiger partial charge in [-0.05, 0) is 26.0 Å². The summed E-state index contributed by atoms with van der Waals surface area (Å²) in [4.78, 5) is 27.2. The van der Waals surface area contributed by atoms with Crippen molar-refractivity contribution in [3.63, 3.8) is 0 Å². The van der Waals surface area contributed by atoms with Gasteiger partial charge in [-0.25, -0.2) is 0 Å². The Balaban J connectivity index is 2.26. The summed E-state index contributed by atoms with van der Waals surface area (Å²) in [6.07, 6.45) is -4.64. The number of amides is 1. The Bertz CT molecular complexity index is 587. The molecule has 0 aromatic carbocycles. The Morgan fingerprint density at radius 3 is 2.29 bits per heavy atom. The second kappa shape index (κ2) is 5.51. The lowest BCUT2D eigenvalue weighted by molar-refractivity contribution is -0.141. The van der Waals surface area contributed by atoms with Gasteiger partial charge in [0.15, 0.2) is 0 Å². The van der Waals surface area contributed by atoms with E-state index in [1.54, 1.807) is 4.98 Å². The predicted molar refractivity (Wildman–Crippen MR) is 70.0 cm³/mol. The monoisotopic (exact) mass is 303 g/mol. The van der Waals surface area contributed by atoms with Crippen LogP contribution in [-0.4, -0.2) is 41.0 Å². The van der Waals surface area contributed by atoms with E-state index in [4.69, 9.17) is 0 Å². The number of piperazine rings is 1. The Hall–Kier alpha value is -1.83. The van der Waals surface area contributed by atoms with Gasteiger partial charge in [-0.15, -0.1) is 0 Å². The molecule has 2 N–H and O–H groups in total. The predicted octanol–water partition coefficient (Wildman–Crippen LogP) is 1.22. The molecule has 0 bridgehead atoms. The summed E-state index contributed by atoms with van der Waals surface area (Å²) < 4.78 is 37.5. The fourth-order valence-corrected chi connectivity index (χ4v) is 2.47. The zero-order valence-electron chi connectivity index (χ0n) is 11.6. The standard InChI is InChI=1S/C13H16F3N3O2/c1-7-5-19(6-8(2)17-7)12(21)9-3-4-10(13(14,15)16)18-11(9)20/h3-4,7-8,17H,5-6H2,1-2H3,(H,18,20)/t7-,8+. The second-order valence-electron chi connectivity index (χ2n) is 5.29. The van der Waals surface area contributed by atoms with Crippen LogP contribution in [0.1, 0.15) is 29.9 Å². The number of carbonyl (C=O) groups excluding carboxylic acids is 1. The third kappa shape index (κ3) is 3.44. The van der Waals surface area contributed by atoms with Crippen molar-refractivity contribution in [1.29, 1.82) is 0 Å². The number of hydrogen-bond acceptors (Lipinski definition) is 3. The highest BCUT2D eigenvalue weighted by atomic mass is 19.4. The number of aromatic nitrogens is 1. The topological polar surface area (TPSA) is 65.2 Å². The number of H-pyrrole nitrogens is 1. The molecule has 2 atom stereocenters. The number of pyridine rings is 1. The van der Waals surface area contributed by atoms with E-state index in [2.05, 4.69) is 5.32 Å². The van der Waals surface area contributed by atoms with E-state index in [0.29, 0.717) is 19.2 Å². The Morgan fingerprint density at radius 2 is 1.81 bits per heavy atom. The zero-order valence-corrected chi connectivity index (χ0v) is 11.6. The van der Waals surface area contributed by atoms with Crippen LogP contribution in [0.25, 0.3) is 0 Å². The number of nitrogens with zero attached hydrogens (tertiary/aromatic N) is 1. The molecule has 0 saturated carbocycles. The van der Waals surface area contributed by atoms with Gasteiger partial charge in [0.2, 0.25) is 0 Å². The van der Waals surface area contributed by atoms with Gasteiger partial charge in [0, 0.05) is 25.2 Å². The number of aromatic amines is 1. The van der Waals surface area contributed by atoms with Crippen LogP contribution in [-0.2, 0) is 6.18 Å². The van der Waals surface area contributed by atoms with Crippen molar-refractivity contribution in [2.75, 3.05) is 13.1 Å². The molecule has 0 aliphatic carbocycles. The lowest BCUT2D eigenvalue weighted by Gasteiger charge is -2.36. The maximum atomic E-state index is 12.5. The summed E-state index contributed by atoms with van der Waals surface area (Å²) in [5.74, 6) is -0.551. The van der Waals surface area contributed by atoms with Crippen LogP contribution >= 0.6 is 0 Å². The lowest BCUT2D eigenvalue weighted by Crippen LogP contribution is -2.56. The van der Waals surface area contributed by atoms with E-state index in [0.717, 1.165) is 6.07 Å². The van der Waals surface area contributed by atoms with Crippen LogP contribution in [0, 0.1) is 0 Å². The zero-order chi connectivity index (χ0) is 15.8. The molecule has 21 heavy (non-hydrogen) atoms. The van der Waals surface area contributed by atoms with Crippen LogP contribution in [0.4, 0.5) is 13.2 Å². The van der Waals surface area contributed by atoms with Gasteiger partial charge in [0.25, 0.3) is 11.5 Å². The van der Waals surface area contributed by atoms with Crippen LogP contribution in [0.5, 0.6) is 0 Å². The largest absolute Gasteiger partial charge is 0.431 e. The normalized spacial score (nSPS) is 23.2. The molecule has 1 amide bonds. The van der Waals surface area contributed by atoms with Gasteiger partial charge < -0.3 is 15.2 Å². The number of hydrogen-bond donors (Lipinski definition) is 2. The van der Waals surface area contributed by atoms with Crippen LogP contribution < -0.4 is 10.9 Å². The first kappa shape index (κ1) is 15.6. The summed E-state index contributed by atoms with van der Waals surface area (Å²) >= 11 is 0. The second-order valence-corrected chi connectivity index (χ2v) is 5.29. The van der Waals surface area contributed by atoms with E-state index < -0.39 is 23.3 Å². The summed E-state index contributed by atoms with van der Waals surface area (Å²) in [6, 6.07) is 1.77. The Kier molecular flexibility index (Phi) is 4.08. The summed E-state index contributed by atoms with van der Waals surface area (Å²) in [5.41, 5.74) is -2.45. The third-order valence-corrected chi connectivity index (χ3v) is 3.29. The van der Waals surface area contributed by atoms with Gasteiger partial charge in [0.1, 0.15) is 11.3 Å². The van der Waals surface area contributed by atoms with Crippen LogP contribution in [0.3, 0.4) is 0 Å². The molecule has 1 aromatic heterocycles. The van der Waals surface area contributed by atoms with E-state index in [-0.39, 0.29) is 17.6 Å². The van der Waals surface area contributed by atoms with Crippen molar-refractivity contribution in [3.8, 4) is 0 Å². The molecule has 1 aliphatic heterocycles. The smallest absolute Gasteiger partial charge is 0.335 e. The van der Waals surface area contributed by atoms with Crippen molar-refractivity contribution < 1.29 is 18.0 Å². The minimum atomic E-state index is -4.64. The molecule has 8 heteroatoms. The molecule has 116 valence electrons. The molecule has 1 aliphatic rings. The van der Waals surface area contributed by atoms with Crippen LogP contribution in [0.2, 0.25) is 0 Å². The van der Waals surface area contributed by atoms with Crippen molar-refractivity contribution in [1.82, 2.24) is 15.2 Å². The van der Waals surface area contributed by atoms with Gasteiger partial charge in [-0.3, -0.25) is 9.59 Å². The fourth-order valence-electron chi connectivity index (χ4n) is 2.47. The highest BCUT2D eigenvalue weighted by Gasteiger charge is 2.33. The molecule has 0 unspecified atom stereocenters. The van der Waals surface area contributed by atoms with Gasteiger partial charge in [0.05, 0.1) is 0 Å². The maximum Gasteiger partial charge on any atom is 0.431 e. The fraction of sp³-hybridized carbons (Fsp3) is 0.538. The van der Waals surface area contributed by atoms with Crippen molar-refractivity contribution in [2.45, 2.75) is 32.1 Å². The number of nitrogens with one attached hydrogen (secondary N) is 2. The minimum Gasteiger partial charge on any atom is -0.335 e. The average Bonchev–Trinajstić information content (AvgIpc) is 2.35. The number of carbonyl (C=O) groups is 1. The highest BCUT2D eigenvalue weighted by molar-refractivity contribution is 5.94. The van der Waals surface area contributed by atoms with Crippen molar-refractivity contribution >= 4 is 5.91 Å². The first-order valence-electron chi connectivity index (χ1n) is 6.54. The summed E-state index contributed by atoms with van der Waals surface area (Å²) in [5, 5.41) is 3.23. The van der Waals surface area contributed by atoms with E-state index in [1.807, 2.05) is 13.8 Å². The SMILES string of the molecule is C[C@@H]1CN(C(=O)c2ccc(C(F)(F)F)[nH]c2=O)C[C@H](C)N1. The molecule has 2 heterocycles. The Morgan fingerprint density at radius 1 is 1.24 bits per heavy atom. The number of alkyl halides is 3. The molecule has 2 rings (SSSR count). The molecule has 5 nitrogen and oxygen atoms in total. The van der Waals surface area contributed by atoms with Crippen LogP contribution in [0.15, 0.2) is 16.9 Å². The molecule has 1 aromatic rings. The van der Waals surface area contributed by atoms with Crippen molar-refractivity contribution in [3.05, 3.63) is 33.7 Å². The molecular weight excluding hydrogens is 287 g/mol. The first-order chi connectivity index (χ1) is 9.68. The Labute approximate surface area is 119 Å². The number of rotatable bonds is 1. The van der Waals surface area contributed by atoms with Gasteiger partial charge >= 0.3 is 6.18 Å². The summed E-state index contributed by atoms with van der Waals surface area (Å²) in [6.45, 7) is 4.60. The minimum absolute atomic E-state index is 0.0613. The highest BCUT2D eigenvalue weighted by Crippen LogP contribution is 2.26. The van der Waals surface area contributed by atoms with Crippen molar-refractivity contribution in [2.24, 2.45) is 0 Å². The van der Waals surface area contributed by atoms with E-state index >= 15 is 0 Å². The average molecular weight is 303 g/mol. The lowest BCUT2D eigenvalue weighted by atomic mass is 10.1. The molecular formula is C13H16F3N3O2. The molecule has 0 radical (unpaired) electrons. The number of halogens is 3. The molecule has 1 saturated heterocycles. The first-order valence-corrected chi connectivity index (χ1v) is 6.54. The quantitative estimate of drug-likeness (QED) is 0.820. The van der Waals surface area contributed by atoms with E-state index in [9.17, 15) is 22.8 Å². The van der Waals surface area contributed by atoms with Gasteiger partial charge in [-0.2, -0.15) is 13.2 Å². The molecule has 0 spiro atoms. The third-order valence-electron chi connectivity index (χ3n) is 3.29. The summed E-state index contributed by atoms with van der Waals surface area (Å²) in [7, 11) is 0. The van der Waals surface area contributed by atoms with Gasteiger partial charge in [-0.1, -0.05) is 0 Å². The molecule has 1 fully saturated rings. The van der Waals surface area contributed by atoms with E-state index in [1.165, 1.54) is 4.90 Å².